The van der Waals surface area contributed by atoms with Crippen molar-refractivity contribution in [1.29, 1.82) is 0 Å². The van der Waals surface area contributed by atoms with Crippen LogP contribution >= 0.6 is 0 Å². The highest BCUT2D eigenvalue weighted by Gasteiger charge is 2.47. The van der Waals surface area contributed by atoms with Crippen LogP contribution in [0.5, 0.6) is 5.75 Å². The molecule has 51 heavy (non-hydrogen) atoms. The Kier molecular flexibility index (Phi) is 7.71. The van der Waals surface area contributed by atoms with Crippen LogP contribution in [-0.4, -0.2) is 95.7 Å². The molecule has 3 aliphatic heterocycles. The van der Waals surface area contributed by atoms with E-state index < -0.39 is 12.8 Å². The number of aryl methyl sites for hydroxylation is 1. The van der Waals surface area contributed by atoms with E-state index in [4.69, 9.17) is 19.4 Å². The number of halogens is 3. The lowest BCUT2D eigenvalue weighted by Gasteiger charge is -2.54. The Labute approximate surface area is 294 Å². The second kappa shape index (κ2) is 12.1. The van der Waals surface area contributed by atoms with E-state index in [1.54, 1.807) is 6.20 Å². The highest BCUT2D eigenvalue weighted by Crippen LogP contribution is 2.53. The molecule has 268 valence electrons. The number of anilines is 2. The molecular formula is C38H42F3N7O3. The molecule has 5 aliphatic rings. The third-order valence-corrected chi connectivity index (χ3v) is 11.4. The predicted octanol–water partition coefficient (Wildman–Crippen LogP) is 6.53. The van der Waals surface area contributed by atoms with Crippen LogP contribution in [0.25, 0.3) is 32.9 Å². The molecule has 1 amide bonds. The lowest BCUT2D eigenvalue weighted by Crippen LogP contribution is -2.61. The zero-order chi connectivity index (χ0) is 35.1. The van der Waals surface area contributed by atoms with E-state index >= 15 is 0 Å². The molecule has 0 bridgehead atoms. The van der Waals surface area contributed by atoms with Gasteiger partial charge in [-0.15, -0.1) is 0 Å². The fourth-order valence-corrected chi connectivity index (χ4v) is 8.24. The SMILES string of the molecule is C=CC(=O)N1CC2(CCN(c3nc(N4CC(COC5CC5)C4)nc4c(OCC(F)(F)F)c(-c5c(C)ccc6[nH]ncc56)c(C5CC5)cc34)CC2)C1. The zero-order valence-electron chi connectivity index (χ0n) is 28.8. The molecule has 9 rings (SSSR count). The van der Waals surface area contributed by atoms with E-state index in [1.807, 2.05) is 24.0 Å². The van der Waals surface area contributed by atoms with E-state index in [9.17, 15) is 18.0 Å². The maximum atomic E-state index is 14.0. The molecule has 2 saturated carbocycles. The second-order valence-electron chi connectivity index (χ2n) is 15.4. The van der Waals surface area contributed by atoms with Gasteiger partial charge in [-0.05, 0) is 86.3 Å². The molecule has 3 saturated heterocycles. The van der Waals surface area contributed by atoms with Gasteiger partial charge in [-0.2, -0.15) is 23.3 Å². The van der Waals surface area contributed by atoms with Crippen LogP contribution in [0.2, 0.25) is 0 Å². The predicted molar refractivity (Wildman–Crippen MR) is 188 cm³/mol. The molecule has 0 unspecified atom stereocenters. The standard InChI is InChI=1S/C38H42F3N7O3/c1-3-30(49)48-19-37(20-48)10-12-46(13-11-37)35-27-14-26(24-5-6-24)32(31-22(2)4-9-29-28(31)15-42-45-29)34(51-21-38(39,40)41)33(27)43-36(44-35)47-16-23(17-47)18-50-25-7-8-25/h3-4,9,14-15,23-25H,1,5-8,10-13,16-21H2,2H3,(H,42,45). The summed E-state index contributed by atoms with van der Waals surface area (Å²) in [5.74, 6) is 1.85. The molecule has 0 radical (unpaired) electrons. The fourth-order valence-electron chi connectivity index (χ4n) is 8.24. The minimum Gasteiger partial charge on any atom is -0.481 e. The first-order chi connectivity index (χ1) is 24.6. The number of nitrogens with zero attached hydrogens (tertiary/aromatic N) is 6. The molecule has 2 aliphatic carbocycles. The number of fused-ring (bicyclic) bond motifs is 2. The van der Waals surface area contributed by atoms with Crippen LogP contribution in [-0.2, 0) is 9.53 Å². The molecule has 2 aromatic heterocycles. The van der Waals surface area contributed by atoms with Gasteiger partial charge in [0.25, 0.3) is 0 Å². The topological polar surface area (TPSA) is 99.7 Å². The Bertz CT molecular complexity index is 2020. The first-order valence-corrected chi connectivity index (χ1v) is 18.1. The number of rotatable bonds is 10. The average molecular weight is 702 g/mol. The number of carbonyl (C=O) groups excluding carboxylic acids is 1. The summed E-state index contributed by atoms with van der Waals surface area (Å²) in [4.78, 5) is 28.7. The minimum atomic E-state index is -4.55. The smallest absolute Gasteiger partial charge is 0.422 e. The minimum absolute atomic E-state index is 0.0407. The lowest BCUT2D eigenvalue weighted by molar-refractivity contribution is -0.153. The molecule has 5 fully saturated rings. The van der Waals surface area contributed by atoms with Gasteiger partial charge >= 0.3 is 6.18 Å². The average Bonchev–Trinajstić information content (AvgIpc) is 4.02. The van der Waals surface area contributed by atoms with E-state index in [0.717, 1.165) is 71.9 Å². The summed E-state index contributed by atoms with van der Waals surface area (Å²) in [6, 6.07) is 6.04. The van der Waals surface area contributed by atoms with Crippen molar-refractivity contribution in [3.63, 3.8) is 0 Å². The summed E-state index contributed by atoms with van der Waals surface area (Å²) in [7, 11) is 0. The van der Waals surface area contributed by atoms with Crippen molar-refractivity contribution in [2.75, 3.05) is 62.3 Å². The van der Waals surface area contributed by atoms with Crippen molar-refractivity contribution < 1.29 is 27.4 Å². The molecule has 10 nitrogen and oxygen atoms in total. The fraction of sp³-hybridized carbons (Fsp3) is 0.526. The summed E-state index contributed by atoms with van der Waals surface area (Å²) in [6.45, 7) is 9.14. The van der Waals surface area contributed by atoms with Crippen LogP contribution in [0.4, 0.5) is 24.9 Å². The van der Waals surface area contributed by atoms with E-state index in [2.05, 4.69) is 32.6 Å². The highest BCUT2D eigenvalue weighted by atomic mass is 19.4. The number of nitrogens with one attached hydrogen (secondary N) is 1. The molecule has 1 spiro atoms. The maximum Gasteiger partial charge on any atom is 0.422 e. The van der Waals surface area contributed by atoms with Gasteiger partial charge in [0, 0.05) is 66.9 Å². The van der Waals surface area contributed by atoms with Crippen LogP contribution in [0.1, 0.15) is 55.6 Å². The summed E-state index contributed by atoms with van der Waals surface area (Å²) in [5, 5.41) is 8.86. The van der Waals surface area contributed by atoms with Crippen LogP contribution < -0.4 is 14.5 Å². The van der Waals surface area contributed by atoms with Crippen molar-refractivity contribution in [1.82, 2.24) is 25.1 Å². The third-order valence-electron chi connectivity index (χ3n) is 11.4. The number of likely N-dealkylation sites (tertiary alicyclic amines) is 1. The summed E-state index contributed by atoms with van der Waals surface area (Å²) in [5.41, 5.74) is 4.60. The highest BCUT2D eigenvalue weighted by molar-refractivity contribution is 6.06. The van der Waals surface area contributed by atoms with Gasteiger partial charge in [0.2, 0.25) is 11.9 Å². The maximum absolute atomic E-state index is 14.0. The normalized spacial score (nSPS) is 20.6. The third kappa shape index (κ3) is 6.06. The monoisotopic (exact) mass is 701 g/mol. The van der Waals surface area contributed by atoms with E-state index in [0.29, 0.717) is 80.3 Å². The number of hydrogen-bond acceptors (Lipinski definition) is 8. The van der Waals surface area contributed by atoms with Crippen molar-refractivity contribution in [3.05, 3.63) is 48.2 Å². The number of piperidine rings is 1. The number of aromatic amines is 1. The molecule has 1 N–H and O–H groups in total. The number of benzene rings is 2. The first-order valence-electron chi connectivity index (χ1n) is 18.1. The van der Waals surface area contributed by atoms with Crippen molar-refractivity contribution in [2.45, 2.75) is 63.6 Å². The van der Waals surface area contributed by atoms with E-state index in [1.165, 1.54) is 6.08 Å². The molecule has 0 atom stereocenters. The van der Waals surface area contributed by atoms with Gasteiger partial charge in [0.15, 0.2) is 12.4 Å². The summed E-state index contributed by atoms with van der Waals surface area (Å²) >= 11 is 0. The molecule has 4 aromatic rings. The summed E-state index contributed by atoms with van der Waals surface area (Å²) in [6.07, 6.45) is 4.80. The largest absolute Gasteiger partial charge is 0.481 e. The molecular weight excluding hydrogens is 659 g/mol. The summed E-state index contributed by atoms with van der Waals surface area (Å²) < 4.78 is 54.0. The first kappa shape index (κ1) is 32.5. The Morgan fingerprint density at radius 3 is 2.51 bits per heavy atom. The lowest BCUT2D eigenvalue weighted by atomic mass is 9.72. The van der Waals surface area contributed by atoms with Gasteiger partial charge in [0.1, 0.15) is 11.3 Å². The Hall–Kier alpha value is -4.39. The van der Waals surface area contributed by atoms with Gasteiger partial charge in [-0.3, -0.25) is 9.89 Å². The number of hydrogen-bond donors (Lipinski definition) is 1. The number of carbonyl (C=O) groups is 1. The van der Waals surface area contributed by atoms with Gasteiger partial charge in [-0.25, -0.2) is 4.98 Å². The van der Waals surface area contributed by atoms with Crippen molar-refractivity contribution >= 4 is 39.5 Å². The number of ether oxygens (including phenoxy) is 2. The van der Waals surface area contributed by atoms with Crippen LogP contribution in [0.15, 0.2) is 37.1 Å². The van der Waals surface area contributed by atoms with Crippen LogP contribution in [0, 0.1) is 18.3 Å². The number of H-pyrrole nitrogens is 1. The number of amides is 1. The number of alkyl halides is 3. The molecule has 5 heterocycles. The second-order valence-corrected chi connectivity index (χ2v) is 15.4. The van der Waals surface area contributed by atoms with Gasteiger partial charge < -0.3 is 24.2 Å². The van der Waals surface area contributed by atoms with E-state index in [-0.39, 0.29) is 23.0 Å². The zero-order valence-corrected chi connectivity index (χ0v) is 28.8. The Morgan fingerprint density at radius 1 is 1.06 bits per heavy atom. The van der Waals surface area contributed by atoms with Gasteiger partial charge in [-0.1, -0.05) is 12.6 Å². The van der Waals surface area contributed by atoms with Crippen LogP contribution in [0.3, 0.4) is 0 Å². The number of aromatic nitrogens is 4. The quantitative estimate of drug-likeness (QED) is 0.187. The van der Waals surface area contributed by atoms with Crippen molar-refractivity contribution in [3.8, 4) is 16.9 Å². The molecule has 2 aromatic carbocycles. The molecule has 13 heteroatoms. The Balaban J connectivity index is 1.17. The Morgan fingerprint density at radius 2 is 1.82 bits per heavy atom. The van der Waals surface area contributed by atoms with Gasteiger partial charge in [0.05, 0.1) is 24.4 Å². The van der Waals surface area contributed by atoms with Crippen molar-refractivity contribution in [2.24, 2.45) is 11.3 Å².